The first kappa shape index (κ1) is 19.4. The van der Waals surface area contributed by atoms with E-state index in [-0.39, 0.29) is 5.41 Å². The zero-order valence-corrected chi connectivity index (χ0v) is 15.6. The Bertz CT molecular complexity index is 751. The summed E-state index contributed by atoms with van der Waals surface area (Å²) in [5, 5.41) is 2.64. The number of benzene rings is 1. The predicted octanol–water partition coefficient (Wildman–Crippen LogP) is 0.918. The Morgan fingerprint density at radius 1 is 1.12 bits per heavy atom. The number of amides is 5. The lowest BCUT2D eigenvalue weighted by Gasteiger charge is -2.24. The van der Waals surface area contributed by atoms with Crippen molar-refractivity contribution in [1.29, 1.82) is 0 Å². The van der Waals surface area contributed by atoms with Crippen LogP contribution in [0.2, 0.25) is 0 Å². The molecule has 0 saturated carbocycles. The maximum Gasteiger partial charge on any atom is 0.325 e. The van der Waals surface area contributed by atoms with Gasteiger partial charge in [0.2, 0.25) is 5.91 Å². The van der Waals surface area contributed by atoms with Crippen molar-refractivity contribution in [3.8, 4) is 0 Å². The Kier molecular flexibility index (Phi) is 5.06. The normalized spacial score (nSPS) is 20.0. The topological polar surface area (TPSA) is 108 Å². The second-order valence-electron chi connectivity index (χ2n) is 7.50. The molecule has 5 amide bonds. The van der Waals surface area contributed by atoms with Gasteiger partial charge in [0.1, 0.15) is 12.1 Å². The van der Waals surface area contributed by atoms with E-state index in [0.29, 0.717) is 5.56 Å². The maximum absolute atomic E-state index is 12.8. The number of rotatable bonds is 3. The zero-order chi connectivity index (χ0) is 19.7. The van der Waals surface area contributed by atoms with E-state index >= 15 is 0 Å². The van der Waals surface area contributed by atoms with Crippen molar-refractivity contribution >= 4 is 23.8 Å². The van der Waals surface area contributed by atoms with Crippen LogP contribution in [0.1, 0.15) is 45.7 Å². The average Bonchev–Trinajstić information content (AvgIpc) is 2.76. The Hall–Kier alpha value is -2.90. The van der Waals surface area contributed by atoms with Crippen molar-refractivity contribution < 1.29 is 19.2 Å². The highest BCUT2D eigenvalue weighted by Gasteiger charge is 2.49. The van der Waals surface area contributed by atoms with Crippen LogP contribution in [0.3, 0.4) is 0 Å². The predicted molar refractivity (Wildman–Crippen MR) is 94.7 cm³/mol. The van der Waals surface area contributed by atoms with Crippen molar-refractivity contribution in [3.05, 3.63) is 35.4 Å². The minimum Gasteiger partial charge on any atom is -0.319 e. The van der Waals surface area contributed by atoms with Crippen molar-refractivity contribution in [2.75, 3.05) is 6.54 Å². The third kappa shape index (κ3) is 3.84. The van der Waals surface area contributed by atoms with E-state index in [4.69, 9.17) is 0 Å². The molecular formula is C18H24N4O4. The standard InChI is InChI=1S/C18H24N4O4/c1-11(23)20-21-14(24)10-22-15(25)18(5,19-16(22)26)13-8-6-12(7-9-13)17(2,3)4/h6-9H,10H2,1-5H3,(H,19,26)(H,20,23)(H,21,24). The molecule has 1 aromatic rings. The number of urea groups is 1. The van der Waals surface area contributed by atoms with E-state index < -0.39 is 35.8 Å². The van der Waals surface area contributed by atoms with Gasteiger partial charge >= 0.3 is 6.03 Å². The van der Waals surface area contributed by atoms with Crippen molar-refractivity contribution in [2.45, 2.75) is 45.6 Å². The largest absolute Gasteiger partial charge is 0.325 e. The lowest BCUT2D eigenvalue weighted by molar-refractivity contribution is -0.135. The summed E-state index contributed by atoms with van der Waals surface area (Å²) >= 11 is 0. The molecule has 8 heteroatoms. The van der Waals surface area contributed by atoms with E-state index in [1.165, 1.54) is 6.92 Å². The fraction of sp³-hybridized carbons (Fsp3) is 0.444. The van der Waals surface area contributed by atoms with Crippen LogP contribution >= 0.6 is 0 Å². The highest BCUT2D eigenvalue weighted by atomic mass is 16.2. The number of imide groups is 1. The minimum absolute atomic E-state index is 0.0315. The average molecular weight is 360 g/mol. The number of nitrogens with zero attached hydrogens (tertiary/aromatic N) is 1. The molecule has 8 nitrogen and oxygen atoms in total. The first-order chi connectivity index (χ1) is 11.9. The van der Waals surface area contributed by atoms with Gasteiger partial charge in [0.25, 0.3) is 11.8 Å². The van der Waals surface area contributed by atoms with Crippen molar-refractivity contribution in [3.63, 3.8) is 0 Å². The van der Waals surface area contributed by atoms with Gasteiger partial charge in [0, 0.05) is 6.92 Å². The smallest absolute Gasteiger partial charge is 0.319 e. The van der Waals surface area contributed by atoms with Crippen LogP contribution in [0.15, 0.2) is 24.3 Å². The van der Waals surface area contributed by atoms with Gasteiger partial charge in [-0.15, -0.1) is 0 Å². The van der Waals surface area contributed by atoms with Gasteiger partial charge in [-0.2, -0.15) is 0 Å². The van der Waals surface area contributed by atoms with Crippen molar-refractivity contribution in [2.24, 2.45) is 0 Å². The van der Waals surface area contributed by atoms with Crippen LogP contribution in [0.25, 0.3) is 0 Å². The number of hydrazine groups is 1. The Balaban J connectivity index is 2.18. The third-order valence-electron chi connectivity index (χ3n) is 4.28. The summed E-state index contributed by atoms with van der Waals surface area (Å²) < 4.78 is 0. The van der Waals surface area contributed by atoms with Gasteiger partial charge in [-0.1, -0.05) is 45.0 Å². The molecule has 2 rings (SSSR count). The van der Waals surface area contributed by atoms with Gasteiger partial charge < -0.3 is 5.32 Å². The van der Waals surface area contributed by atoms with Crippen LogP contribution in [0.4, 0.5) is 4.79 Å². The number of hydrogen-bond donors (Lipinski definition) is 3. The number of nitrogens with one attached hydrogen (secondary N) is 3. The summed E-state index contributed by atoms with van der Waals surface area (Å²) in [7, 11) is 0. The van der Waals surface area contributed by atoms with E-state index in [0.717, 1.165) is 10.5 Å². The van der Waals surface area contributed by atoms with Crippen LogP contribution in [0.5, 0.6) is 0 Å². The molecule has 1 aromatic carbocycles. The molecule has 3 N–H and O–H groups in total. The Morgan fingerprint density at radius 3 is 2.19 bits per heavy atom. The van der Waals surface area contributed by atoms with Gasteiger partial charge in [0.05, 0.1) is 0 Å². The maximum atomic E-state index is 12.8. The van der Waals surface area contributed by atoms with Crippen molar-refractivity contribution in [1.82, 2.24) is 21.1 Å². The van der Waals surface area contributed by atoms with E-state index in [9.17, 15) is 19.2 Å². The number of carbonyl (C=O) groups excluding carboxylic acids is 4. The fourth-order valence-corrected chi connectivity index (χ4v) is 2.68. The van der Waals surface area contributed by atoms with Crippen LogP contribution < -0.4 is 16.2 Å². The van der Waals surface area contributed by atoms with Gasteiger partial charge in [-0.25, -0.2) is 4.79 Å². The first-order valence-electron chi connectivity index (χ1n) is 8.25. The van der Waals surface area contributed by atoms with Gasteiger partial charge in [-0.3, -0.25) is 30.1 Å². The van der Waals surface area contributed by atoms with Crippen LogP contribution in [-0.2, 0) is 25.3 Å². The van der Waals surface area contributed by atoms with E-state index in [1.54, 1.807) is 19.1 Å². The monoisotopic (exact) mass is 360 g/mol. The molecule has 26 heavy (non-hydrogen) atoms. The summed E-state index contributed by atoms with van der Waals surface area (Å²) in [6.45, 7) is 8.60. The lowest BCUT2D eigenvalue weighted by atomic mass is 9.84. The summed E-state index contributed by atoms with van der Waals surface area (Å²) in [5.41, 5.74) is 4.70. The first-order valence-corrected chi connectivity index (χ1v) is 8.25. The molecule has 1 saturated heterocycles. The summed E-state index contributed by atoms with van der Waals surface area (Å²) in [5.74, 6) is -1.65. The van der Waals surface area contributed by atoms with E-state index in [1.807, 2.05) is 12.1 Å². The molecule has 0 spiro atoms. The number of carbonyl (C=O) groups is 4. The Labute approximate surface area is 152 Å². The molecule has 1 heterocycles. The highest BCUT2D eigenvalue weighted by molar-refractivity contribution is 6.09. The van der Waals surface area contributed by atoms with Crippen LogP contribution in [0, 0.1) is 0 Å². The minimum atomic E-state index is -1.25. The molecule has 1 aliphatic heterocycles. The van der Waals surface area contributed by atoms with Gasteiger partial charge in [0.15, 0.2) is 0 Å². The number of hydrogen-bond acceptors (Lipinski definition) is 4. The molecule has 1 unspecified atom stereocenters. The SMILES string of the molecule is CC(=O)NNC(=O)CN1C(=O)NC(C)(c2ccc(C(C)(C)C)cc2)C1=O. The molecule has 0 bridgehead atoms. The highest BCUT2D eigenvalue weighted by Crippen LogP contribution is 2.30. The zero-order valence-electron chi connectivity index (χ0n) is 15.6. The third-order valence-corrected chi connectivity index (χ3v) is 4.28. The lowest BCUT2D eigenvalue weighted by Crippen LogP contribution is -2.47. The molecule has 1 aliphatic rings. The molecule has 0 aromatic heterocycles. The fourth-order valence-electron chi connectivity index (χ4n) is 2.68. The summed E-state index contributed by atoms with van der Waals surface area (Å²) in [6, 6.07) is 6.80. The molecule has 1 atom stereocenters. The summed E-state index contributed by atoms with van der Waals surface area (Å²) in [4.78, 5) is 48.4. The van der Waals surface area contributed by atoms with Crippen LogP contribution in [-0.4, -0.2) is 35.2 Å². The molecular weight excluding hydrogens is 336 g/mol. The molecule has 0 radical (unpaired) electrons. The molecule has 1 fully saturated rings. The Morgan fingerprint density at radius 2 is 1.69 bits per heavy atom. The van der Waals surface area contributed by atoms with Gasteiger partial charge in [-0.05, 0) is 23.5 Å². The second kappa shape index (κ2) is 6.78. The molecule has 0 aliphatic carbocycles. The second-order valence-corrected chi connectivity index (χ2v) is 7.50. The summed E-state index contributed by atoms with van der Waals surface area (Å²) in [6.07, 6.45) is 0. The van der Waals surface area contributed by atoms with E-state index in [2.05, 4.69) is 36.9 Å². The molecule has 140 valence electrons. The quantitative estimate of drug-likeness (QED) is 0.550.